The standard InChI is InChI=1S/C22H22N2O3/c1-5-16-6-8-17(9-7-16)21(25)15(4)27-22(26)18-10-11-19-20(12-18)24-14(3)13(2)23-19/h6-12,15H,5H2,1-4H3/t15-/m0/s1. The molecule has 138 valence electrons. The van der Waals surface area contributed by atoms with E-state index in [1.807, 2.05) is 26.0 Å². The van der Waals surface area contributed by atoms with E-state index in [2.05, 4.69) is 16.9 Å². The molecule has 0 saturated carbocycles. The molecule has 0 amide bonds. The second-order valence-electron chi connectivity index (χ2n) is 6.56. The zero-order chi connectivity index (χ0) is 19.6. The largest absolute Gasteiger partial charge is 0.451 e. The van der Waals surface area contributed by atoms with Gasteiger partial charge >= 0.3 is 5.97 Å². The minimum atomic E-state index is -0.869. The molecule has 5 nitrogen and oxygen atoms in total. The molecule has 0 unspecified atom stereocenters. The lowest BCUT2D eigenvalue weighted by molar-refractivity contribution is 0.0319. The van der Waals surface area contributed by atoms with Crippen LogP contribution in [0.1, 0.15) is 51.5 Å². The number of benzene rings is 2. The van der Waals surface area contributed by atoms with E-state index in [4.69, 9.17) is 4.74 Å². The SMILES string of the molecule is CCc1ccc(C(=O)[C@H](C)OC(=O)c2ccc3nc(C)c(C)nc3c2)cc1. The van der Waals surface area contributed by atoms with Crippen molar-refractivity contribution in [1.82, 2.24) is 9.97 Å². The third kappa shape index (κ3) is 4.03. The van der Waals surface area contributed by atoms with E-state index in [0.29, 0.717) is 16.6 Å². The van der Waals surface area contributed by atoms with Gasteiger partial charge in [-0.05, 0) is 51.0 Å². The average molecular weight is 362 g/mol. The Kier molecular flexibility index (Phi) is 5.31. The third-order valence-electron chi connectivity index (χ3n) is 4.61. The first kappa shape index (κ1) is 18.7. The molecule has 0 bridgehead atoms. The summed E-state index contributed by atoms with van der Waals surface area (Å²) in [5.74, 6) is -0.777. The number of esters is 1. The van der Waals surface area contributed by atoms with Crippen LogP contribution < -0.4 is 0 Å². The van der Waals surface area contributed by atoms with Crippen LogP contribution in [0.3, 0.4) is 0 Å². The summed E-state index contributed by atoms with van der Waals surface area (Å²) in [6.45, 7) is 7.40. The Morgan fingerprint density at radius 1 is 0.926 bits per heavy atom. The van der Waals surface area contributed by atoms with Crippen molar-refractivity contribution in [3.63, 3.8) is 0 Å². The Labute approximate surface area is 158 Å². The summed E-state index contributed by atoms with van der Waals surface area (Å²) in [7, 11) is 0. The number of aromatic nitrogens is 2. The van der Waals surface area contributed by atoms with Crippen LogP contribution in [0.5, 0.6) is 0 Å². The number of fused-ring (bicyclic) bond motifs is 1. The molecule has 0 aliphatic rings. The van der Waals surface area contributed by atoms with Crippen LogP contribution in [0, 0.1) is 13.8 Å². The van der Waals surface area contributed by atoms with Crippen LogP contribution in [0.25, 0.3) is 11.0 Å². The number of hydrogen-bond donors (Lipinski definition) is 0. The molecule has 5 heteroatoms. The van der Waals surface area contributed by atoms with Gasteiger partial charge in [-0.3, -0.25) is 4.79 Å². The highest BCUT2D eigenvalue weighted by atomic mass is 16.5. The monoisotopic (exact) mass is 362 g/mol. The van der Waals surface area contributed by atoms with E-state index >= 15 is 0 Å². The van der Waals surface area contributed by atoms with Crippen molar-refractivity contribution in [2.75, 3.05) is 0 Å². The van der Waals surface area contributed by atoms with Gasteiger partial charge in [-0.15, -0.1) is 0 Å². The lowest BCUT2D eigenvalue weighted by atomic mass is 10.0. The Morgan fingerprint density at radius 3 is 2.15 bits per heavy atom. The van der Waals surface area contributed by atoms with Crippen molar-refractivity contribution in [2.45, 2.75) is 40.2 Å². The van der Waals surface area contributed by atoms with Crippen LogP contribution in [0.15, 0.2) is 42.5 Å². The van der Waals surface area contributed by atoms with Crippen LogP contribution in [-0.2, 0) is 11.2 Å². The summed E-state index contributed by atoms with van der Waals surface area (Å²) in [6.07, 6.45) is 0.0366. The fourth-order valence-corrected chi connectivity index (χ4v) is 2.78. The van der Waals surface area contributed by atoms with E-state index in [-0.39, 0.29) is 5.78 Å². The molecule has 0 radical (unpaired) electrons. The zero-order valence-electron chi connectivity index (χ0n) is 15.9. The molecule has 0 aliphatic heterocycles. The fourth-order valence-electron chi connectivity index (χ4n) is 2.78. The lowest BCUT2D eigenvalue weighted by Crippen LogP contribution is -2.24. The normalized spacial score (nSPS) is 12.0. The highest BCUT2D eigenvalue weighted by Crippen LogP contribution is 2.17. The van der Waals surface area contributed by atoms with Crippen LogP contribution >= 0.6 is 0 Å². The number of ketones is 1. The van der Waals surface area contributed by atoms with Crippen LogP contribution in [-0.4, -0.2) is 27.8 Å². The molecule has 1 atom stereocenters. The summed E-state index contributed by atoms with van der Waals surface area (Å²) in [6, 6.07) is 12.4. The topological polar surface area (TPSA) is 69.2 Å². The number of ether oxygens (including phenoxy) is 1. The molecule has 1 aromatic heterocycles. The smallest absolute Gasteiger partial charge is 0.338 e. The van der Waals surface area contributed by atoms with Crippen LogP contribution in [0.2, 0.25) is 0 Å². The first-order valence-corrected chi connectivity index (χ1v) is 8.98. The first-order valence-electron chi connectivity index (χ1n) is 8.98. The molecule has 3 aromatic rings. The van der Waals surface area contributed by atoms with E-state index in [9.17, 15) is 9.59 Å². The van der Waals surface area contributed by atoms with Gasteiger partial charge in [0.2, 0.25) is 5.78 Å². The van der Waals surface area contributed by atoms with Crippen molar-refractivity contribution in [3.8, 4) is 0 Å². The molecule has 0 saturated heterocycles. The van der Waals surface area contributed by atoms with Gasteiger partial charge in [0.05, 0.1) is 28.0 Å². The second-order valence-corrected chi connectivity index (χ2v) is 6.56. The van der Waals surface area contributed by atoms with Gasteiger partial charge in [0.25, 0.3) is 0 Å². The van der Waals surface area contributed by atoms with Crippen molar-refractivity contribution < 1.29 is 14.3 Å². The highest BCUT2D eigenvalue weighted by molar-refractivity contribution is 6.01. The van der Waals surface area contributed by atoms with E-state index in [1.54, 1.807) is 37.3 Å². The molecule has 2 aromatic carbocycles. The van der Waals surface area contributed by atoms with E-state index < -0.39 is 12.1 Å². The predicted octanol–water partition coefficient (Wildman–Crippen LogP) is 4.24. The minimum absolute atomic E-state index is 0.224. The lowest BCUT2D eigenvalue weighted by Gasteiger charge is -2.13. The zero-order valence-corrected chi connectivity index (χ0v) is 15.9. The predicted molar refractivity (Wildman–Crippen MR) is 104 cm³/mol. The Bertz CT molecular complexity index is 1010. The summed E-state index contributed by atoms with van der Waals surface area (Å²) < 4.78 is 5.38. The molecule has 0 fully saturated rings. The average Bonchev–Trinajstić information content (AvgIpc) is 2.68. The molecule has 0 N–H and O–H groups in total. The van der Waals surface area contributed by atoms with Gasteiger partial charge in [-0.2, -0.15) is 0 Å². The summed E-state index contributed by atoms with van der Waals surface area (Å²) in [4.78, 5) is 33.9. The fraction of sp³-hybridized carbons (Fsp3) is 0.273. The molecular formula is C22H22N2O3. The Balaban J connectivity index is 1.76. The molecule has 0 spiro atoms. The number of nitrogens with zero attached hydrogens (tertiary/aromatic N) is 2. The van der Waals surface area contributed by atoms with Gasteiger partial charge in [-0.25, -0.2) is 14.8 Å². The van der Waals surface area contributed by atoms with Gasteiger partial charge in [0.15, 0.2) is 6.10 Å². The van der Waals surface area contributed by atoms with Crippen molar-refractivity contribution in [2.24, 2.45) is 0 Å². The third-order valence-corrected chi connectivity index (χ3v) is 4.61. The quantitative estimate of drug-likeness (QED) is 0.502. The van der Waals surface area contributed by atoms with Crippen molar-refractivity contribution in [1.29, 1.82) is 0 Å². The van der Waals surface area contributed by atoms with Gasteiger partial charge in [-0.1, -0.05) is 31.2 Å². The highest BCUT2D eigenvalue weighted by Gasteiger charge is 2.21. The molecular weight excluding hydrogens is 340 g/mol. The molecule has 0 aliphatic carbocycles. The number of carbonyl (C=O) groups excluding carboxylic acids is 2. The number of hydrogen-bond acceptors (Lipinski definition) is 5. The maximum absolute atomic E-state index is 12.5. The van der Waals surface area contributed by atoms with Crippen molar-refractivity contribution in [3.05, 3.63) is 70.5 Å². The number of rotatable bonds is 5. The Morgan fingerprint density at radius 2 is 1.52 bits per heavy atom. The number of carbonyl (C=O) groups is 2. The van der Waals surface area contributed by atoms with Gasteiger partial charge in [0.1, 0.15) is 0 Å². The van der Waals surface area contributed by atoms with Gasteiger partial charge < -0.3 is 4.74 Å². The maximum Gasteiger partial charge on any atom is 0.338 e. The minimum Gasteiger partial charge on any atom is -0.451 e. The van der Waals surface area contributed by atoms with Crippen LogP contribution in [0.4, 0.5) is 0 Å². The number of aryl methyl sites for hydroxylation is 3. The summed E-state index contributed by atoms with van der Waals surface area (Å²) >= 11 is 0. The molecule has 3 rings (SSSR count). The number of Topliss-reactive ketones (excluding diaryl/α,β-unsaturated/α-hetero) is 1. The van der Waals surface area contributed by atoms with E-state index in [0.717, 1.165) is 28.9 Å². The summed E-state index contributed by atoms with van der Waals surface area (Å²) in [5.41, 5.74) is 5.04. The second kappa shape index (κ2) is 7.66. The molecule has 27 heavy (non-hydrogen) atoms. The maximum atomic E-state index is 12.5. The summed E-state index contributed by atoms with van der Waals surface area (Å²) in [5, 5.41) is 0. The van der Waals surface area contributed by atoms with Gasteiger partial charge in [0, 0.05) is 5.56 Å². The Hall–Kier alpha value is -3.08. The first-order chi connectivity index (χ1) is 12.9. The molecule has 1 heterocycles. The van der Waals surface area contributed by atoms with E-state index in [1.165, 1.54) is 0 Å². The van der Waals surface area contributed by atoms with Crippen molar-refractivity contribution >= 4 is 22.8 Å².